The van der Waals surface area contributed by atoms with E-state index in [1.807, 2.05) is 17.0 Å². The number of fused-ring (bicyclic) bond motifs is 4. The van der Waals surface area contributed by atoms with Crippen molar-refractivity contribution in [2.45, 2.75) is 57.0 Å². The summed E-state index contributed by atoms with van der Waals surface area (Å²) >= 11 is 0. The number of rotatable bonds is 11. The first-order valence-corrected chi connectivity index (χ1v) is 17.5. The fourth-order valence-electron chi connectivity index (χ4n) is 7.72. The second-order valence-corrected chi connectivity index (χ2v) is 14.1. The van der Waals surface area contributed by atoms with Crippen LogP contribution >= 0.6 is 0 Å². The molecule has 1 spiro atoms. The van der Waals surface area contributed by atoms with E-state index >= 15 is 0 Å². The predicted molar refractivity (Wildman–Crippen MR) is 192 cm³/mol. The van der Waals surface area contributed by atoms with Crippen molar-refractivity contribution in [2.24, 2.45) is 5.41 Å². The Bertz CT molecular complexity index is 2030. The molecule has 8 rings (SSSR count). The molecule has 1 saturated heterocycles. The quantitative estimate of drug-likeness (QED) is 0.174. The lowest BCUT2D eigenvalue weighted by atomic mass is 10.0. The lowest BCUT2D eigenvalue weighted by Crippen LogP contribution is -2.38. The van der Waals surface area contributed by atoms with Gasteiger partial charge >= 0.3 is 0 Å². The molecule has 4 aliphatic heterocycles. The Hall–Kier alpha value is -5.39. The summed E-state index contributed by atoms with van der Waals surface area (Å²) in [6.45, 7) is 1.97. The van der Waals surface area contributed by atoms with E-state index in [9.17, 15) is 14.4 Å². The summed E-state index contributed by atoms with van der Waals surface area (Å²) in [5.41, 5.74) is 10.1. The van der Waals surface area contributed by atoms with E-state index in [4.69, 9.17) is 28.8 Å². The average Bonchev–Trinajstić information content (AvgIpc) is 3.63. The molecule has 0 unspecified atom stereocenters. The van der Waals surface area contributed by atoms with Crippen LogP contribution in [0.3, 0.4) is 0 Å². The molecule has 12 nitrogen and oxygen atoms in total. The van der Waals surface area contributed by atoms with Crippen LogP contribution in [-0.2, 0) is 4.79 Å². The zero-order chi connectivity index (χ0) is 37.8. The second-order valence-electron chi connectivity index (χ2n) is 14.1. The number of nitrogens with two attached hydrogens (primary N) is 1. The van der Waals surface area contributed by atoms with Gasteiger partial charge in [0.25, 0.3) is 11.8 Å². The SMILES string of the molecule is [2H]C([2H])([2H])Oc1cc2c(cc1OCCCCCOc1cc3c(cc1OC)C(=O)N1C=C(c4ccc(N)cc4)C[C@H]1C(=O)N3)NC[C@@H]1CC3(CC3)CN1C2=O. The van der Waals surface area contributed by atoms with E-state index < -0.39 is 13.1 Å². The zero-order valence-electron chi connectivity index (χ0n) is 31.5. The number of benzene rings is 3. The van der Waals surface area contributed by atoms with E-state index in [0.717, 1.165) is 43.4 Å². The molecule has 1 saturated carbocycles. The van der Waals surface area contributed by atoms with E-state index in [-0.39, 0.29) is 47.3 Å². The van der Waals surface area contributed by atoms with Gasteiger partial charge in [-0.15, -0.1) is 0 Å². The third kappa shape index (κ3) is 6.17. The van der Waals surface area contributed by atoms with Crippen LogP contribution in [0.25, 0.3) is 5.57 Å². The van der Waals surface area contributed by atoms with Crippen molar-refractivity contribution in [3.8, 4) is 23.0 Å². The molecular weight excluding hydrogens is 650 g/mol. The van der Waals surface area contributed by atoms with Crippen molar-refractivity contribution >= 4 is 40.4 Å². The molecule has 4 N–H and O–H groups in total. The van der Waals surface area contributed by atoms with Crippen molar-refractivity contribution < 1.29 is 37.4 Å². The Labute approximate surface area is 301 Å². The molecule has 266 valence electrons. The molecule has 4 heterocycles. The number of nitrogens with zero attached hydrogens (tertiary/aromatic N) is 2. The van der Waals surface area contributed by atoms with Gasteiger partial charge in [0.15, 0.2) is 23.0 Å². The van der Waals surface area contributed by atoms with Gasteiger partial charge in [0, 0.05) is 49.6 Å². The van der Waals surface area contributed by atoms with Crippen LogP contribution in [0.5, 0.6) is 23.0 Å². The molecule has 3 aromatic carbocycles. The first-order valence-electron chi connectivity index (χ1n) is 19.0. The summed E-state index contributed by atoms with van der Waals surface area (Å²) in [6, 6.07) is 13.1. The highest BCUT2D eigenvalue weighted by molar-refractivity contribution is 6.12. The average molecular weight is 697 g/mol. The summed E-state index contributed by atoms with van der Waals surface area (Å²) in [7, 11) is -1.23. The standard InChI is InChI=1S/C39H43N5O7/c1-48-32-15-27-29(41-20-26-19-39(10-11-39)22-44(26)38(27)47)17-34(32)50-12-4-3-5-13-51-35-18-30-28(16-33(35)49-2)37(46)43-21-24(14-31(43)36(45)42-30)23-6-8-25(40)9-7-23/h6-9,15-18,21,26,31,41H,3-5,10-14,19-20,22,40H2,1-2H3,(H,42,45)/t26-,31-/m0/s1/i1D3. The highest BCUT2D eigenvalue weighted by Gasteiger charge is 2.54. The fraction of sp³-hybridized carbons (Fsp3) is 0.410. The molecule has 2 atom stereocenters. The minimum absolute atomic E-state index is 0.00517. The van der Waals surface area contributed by atoms with Gasteiger partial charge in [-0.2, -0.15) is 0 Å². The Balaban J connectivity index is 0.877. The van der Waals surface area contributed by atoms with Gasteiger partial charge in [0.2, 0.25) is 5.91 Å². The number of amides is 3. The molecule has 3 amide bonds. The number of carbonyl (C=O) groups is 3. The lowest BCUT2D eigenvalue weighted by Gasteiger charge is -2.21. The Kier molecular flexibility index (Phi) is 7.51. The largest absolute Gasteiger partial charge is 0.493 e. The van der Waals surface area contributed by atoms with Gasteiger partial charge in [0.1, 0.15) is 6.04 Å². The van der Waals surface area contributed by atoms with Crippen LogP contribution in [0.1, 0.15) is 75.3 Å². The van der Waals surface area contributed by atoms with Gasteiger partial charge in [-0.1, -0.05) is 12.1 Å². The molecule has 5 aliphatic rings. The molecule has 51 heavy (non-hydrogen) atoms. The molecular formula is C39H43N5O7. The lowest BCUT2D eigenvalue weighted by molar-refractivity contribution is -0.119. The van der Waals surface area contributed by atoms with Gasteiger partial charge in [-0.05, 0) is 79.3 Å². The highest BCUT2D eigenvalue weighted by Crippen LogP contribution is 2.55. The summed E-state index contributed by atoms with van der Waals surface area (Å²) in [6.07, 6.45) is 7.36. The van der Waals surface area contributed by atoms with E-state index in [0.29, 0.717) is 72.1 Å². The molecule has 12 heteroatoms. The van der Waals surface area contributed by atoms with E-state index in [2.05, 4.69) is 10.6 Å². The first kappa shape index (κ1) is 29.4. The number of carbonyl (C=O) groups excluding carboxylic acids is 3. The van der Waals surface area contributed by atoms with Crippen LogP contribution < -0.4 is 35.3 Å². The van der Waals surface area contributed by atoms with Crippen molar-refractivity contribution in [3.63, 3.8) is 0 Å². The van der Waals surface area contributed by atoms with Crippen LogP contribution in [0, 0.1) is 5.41 Å². The Morgan fingerprint density at radius 2 is 1.57 bits per heavy atom. The number of hydrogen-bond donors (Lipinski definition) is 3. The molecule has 0 aromatic heterocycles. The molecule has 0 radical (unpaired) electrons. The number of anilines is 3. The number of nitrogen functional groups attached to an aromatic ring is 1. The zero-order valence-corrected chi connectivity index (χ0v) is 28.5. The van der Waals surface area contributed by atoms with Gasteiger partial charge in [-0.25, -0.2) is 0 Å². The normalized spacial score (nSPS) is 22.1. The van der Waals surface area contributed by atoms with Gasteiger partial charge < -0.3 is 45.1 Å². The Morgan fingerprint density at radius 1 is 0.882 bits per heavy atom. The van der Waals surface area contributed by atoms with Crippen molar-refractivity contribution in [3.05, 3.63) is 71.4 Å². The minimum Gasteiger partial charge on any atom is -0.493 e. The summed E-state index contributed by atoms with van der Waals surface area (Å²) < 4.78 is 46.1. The number of ether oxygens (including phenoxy) is 4. The number of hydrogen-bond acceptors (Lipinski definition) is 9. The maximum atomic E-state index is 13.7. The van der Waals surface area contributed by atoms with Crippen LogP contribution in [0.2, 0.25) is 0 Å². The molecule has 3 aromatic rings. The maximum Gasteiger partial charge on any atom is 0.260 e. The van der Waals surface area contributed by atoms with Crippen LogP contribution in [0.15, 0.2) is 54.7 Å². The van der Waals surface area contributed by atoms with Crippen molar-refractivity contribution in [2.75, 3.05) is 56.8 Å². The van der Waals surface area contributed by atoms with Gasteiger partial charge in [-0.3, -0.25) is 14.4 Å². The topological polar surface area (TPSA) is 145 Å². The smallest absolute Gasteiger partial charge is 0.260 e. The maximum absolute atomic E-state index is 13.7. The van der Waals surface area contributed by atoms with E-state index in [1.165, 1.54) is 18.1 Å². The van der Waals surface area contributed by atoms with Gasteiger partial charge in [0.05, 0.1) is 54.0 Å². The third-order valence-electron chi connectivity index (χ3n) is 10.7. The van der Waals surface area contributed by atoms with Crippen LogP contribution in [0.4, 0.5) is 17.1 Å². The molecule has 2 fully saturated rings. The summed E-state index contributed by atoms with van der Waals surface area (Å²) in [5.74, 6) is 0.288. The molecule has 1 aliphatic carbocycles. The Morgan fingerprint density at radius 3 is 2.25 bits per heavy atom. The summed E-state index contributed by atoms with van der Waals surface area (Å²) in [4.78, 5) is 44.0. The van der Waals surface area contributed by atoms with Crippen molar-refractivity contribution in [1.29, 1.82) is 0 Å². The minimum atomic E-state index is -2.72. The van der Waals surface area contributed by atoms with Crippen LogP contribution in [-0.4, -0.2) is 80.1 Å². The second kappa shape index (κ2) is 13.1. The number of methoxy groups -OCH3 is 2. The first-order chi connectivity index (χ1) is 25.9. The van der Waals surface area contributed by atoms with E-state index in [1.54, 1.807) is 36.5 Å². The van der Waals surface area contributed by atoms with Crippen molar-refractivity contribution in [1.82, 2.24) is 9.80 Å². The fourth-order valence-corrected chi connectivity index (χ4v) is 7.72. The third-order valence-corrected chi connectivity index (χ3v) is 10.7. The molecule has 0 bridgehead atoms. The number of nitrogens with one attached hydrogen (secondary N) is 2. The highest BCUT2D eigenvalue weighted by atomic mass is 16.5. The predicted octanol–water partition coefficient (Wildman–Crippen LogP) is 5.54. The number of unbranched alkanes of at least 4 members (excludes halogenated alkanes) is 2. The monoisotopic (exact) mass is 696 g/mol. The summed E-state index contributed by atoms with van der Waals surface area (Å²) in [5, 5.41) is 6.31.